The number of aromatic carboxylic acids is 1. The SMILES string of the molecule is N[C@H](CO)c1ncccc1C(=O)O. The first-order valence-corrected chi connectivity index (χ1v) is 3.71. The van der Waals surface area contributed by atoms with Crippen molar-refractivity contribution in [2.24, 2.45) is 5.73 Å². The lowest BCUT2D eigenvalue weighted by Gasteiger charge is -2.09. The van der Waals surface area contributed by atoms with Gasteiger partial charge in [-0.05, 0) is 12.1 Å². The molecule has 13 heavy (non-hydrogen) atoms. The van der Waals surface area contributed by atoms with E-state index in [-0.39, 0.29) is 17.9 Å². The lowest BCUT2D eigenvalue weighted by molar-refractivity contribution is 0.0694. The van der Waals surface area contributed by atoms with Gasteiger partial charge in [-0.2, -0.15) is 0 Å². The molecule has 0 fully saturated rings. The number of rotatable bonds is 3. The Balaban J connectivity index is 3.11. The Morgan fingerprint density at radius 3 is 2.92 bits per heavy atom. The summed E-state index contributed by atoms with van der Waals surface area (Å²) in [6.45, 7) is -0.322. The highest BCUT2D eigenvalue weighted by molar-refractivity contribution is 5.88. The van der Waals surface area contributed by atoms with Gasteiger partial charge in [-0.25, -0.2) is 4.79 Å². The van der Waals surface area contributed by atoms with E-state index in [0.29, 0.717) is 0 Å². The summed E-state index contributed by atoms with van der Waals surface area (Å²) in [5.41, 5.74) is 5.69. The summed E-state index contributed by atoms with van der Waals surface area (Å²) < 4.78 is 0. The van der Waals surface area contributed by atoms with Gasteiger partial charge in [0.2, 0.25) is 0 Å². The maximum atomic E-state index is 10.7. The van der Waals surface area contributed by atoms with E-state index >= 15 is 0 Å². The van der Waals surface area contributed by atoms with Gasteiger partial charge in [0.05, 0.1) is 23.9 Å². The number of aromatic nitrogens is 1. The zero-order valence-electron chi connectivity index (χ0n) is 6.84. The Kier molecular flexibility index (Phi) is 2.94. The standard InChI is InChI=1S/C8H10N2O3/c9-6(4-11)7-5(8(12)13)2-1-3-10-7/h1-3,6,11H,4,9H2,(H,12,13)/t6-/m1/s1. The average Bonchev–Trinajstić information content (AvgIpc) is 2.16. The van der Waals surface area contributed by atoms with Crippen LogP contribution >= 0.6 is 0 Å². The second kappa shape index (κ2) is 3.97. The van der Waals surface area contributed by atoms with Crippen molar-refractivity contribution < 1.29 is 15.0 Å². The van der Waals surface area contributed by atoms with E-state index in [1.54, 1.807) is 0 Å². The largest absolute Gasteiger partial charge is 0.478 e. The third kappa shape index (κ3) is 2.01. The molecule has 0 radical (unpaired) electrons. The highest BCUT2D eigenvalue weighted by Gasteiger charge is 2.15. The number of nitrogens with two attached hydrogens (primary N) is 1. The van der Waals surface area contributed by atoms with E-state index in [2.05, 4.69) is 4.98 Å². The van der Waals surface area contributed by atoms with Crippen molar-refractivity contribution in [3.63, 3.8) is 0 Å². The quantitative estimate of drug-likeness (QED) is 0.600. The third-order valence-corrected chi connectivity index (χ3v) is 1.62. The molecule has 1 heterocycles. The molecule has 0 unspecified atom stereocenters. The first kappa shape index (κ1) is 9.63. The second-order valence-electron chi connectivity index (χ2n) is 2.53. The molecule has 0 spiro atoms. The predicted molar refractivity (Wildman–Crippen MR) is 45.2 cm³/mol. The van der Waals surface area contributed by atoms with E-state index in [4.69, 9.17) is 15.9 Å². The lowest BCUT2D eigenvalue weighted by atomic mass is 10.1. The predicted octanol–water partition coefficient (Wildman–Crippen LogP) is -0.228. The highest BCUT2D eigenvalue weighted by Crippen LogP contribution is 2.12. The minimum Gasteiger partial charge on any atom is -0.478 e. The summed E-state index contributed by atoms with van der Waals surface area (Å²) in [5, 5.41) is 17.5. The highest BCUT2D eigenvalue weighted by atomic mass is 16.4. The number of aliphatic hydroxyl groups excluding tert-OH is 1. The van der Waals surface area contributed by atoms with E-state index in [1.165, 1.54) is 18.3 Å². The zero-order valence-corrected chi connectivity index (χ0v) is 6.84. The summed E-state index contributed by atoms with van der Waals surface area (Å²) in [7, 11) is 0. The summed E-state index contributed by atoms with van der Waals surface area (Å²) in [6, 6.07) is 2.17. The van der Waals surface area contributed by atoms with Crippen LogP contribution < -0.4 is 5.73 Å². The molecule has 0 saturated carbocycles. The Hall–Kier alpha value is -1.46. The average molecular weight is 182 g/mol. The van der Waals surface area contributed by atoms with Gasteiger partial charge in [0.1, 0.15) is 0 Å². The molecule has 0 aliphatic rings. The van der Waals surface area contributed by atoms with Crippen LogP contribution in [0, 0.1) is 0 Å². The molecule has 5 nitrogen and oxygen atoms in total. The van der Waals surface area contributed by atoms with Crippen molar-refractivity contribution in [2.75, 3.05) is 6.61 Å². The number of pyridine rings is 1. The summed E-state index contributed by atoms with van der Waals surface area (Å²) in [6.07, 6.45) is 1.44. The van der Waals surface area contributed by atoms with Crippen molar-refractivity contribution in [3.8, 4) is 0 Å². The van der Waals surface area contributed by atoms with Crippen LogP contribution in [0.4, 0.5) is 0 Å². The molecule has 0 amide bonds. The van der Waals surface area contributed by atoms with Crippen LogP contribution in [-0.4, -0.2) is 27.8 Å². The second-order valence-corrected chi connectivity index (χ2v) is 2.53. The maximum absolute atomic E-state index is 10.7. The van der Waals surface area contributed by atoms with E-state index in [1.807, 2.05) is 0 Å². The molecule has 5 heteroatoms. The molecule has 0 bridgehead atoms. The zero-order chi connectivity index (χ0) is 9.84. The van der Waals surface area contributed by atoms with Crippen LogP contribution in [0.2, 0.25) is 0 Å². The van der Waals surface area contributed by atoms with Gasteiger partial charge in [0.25, 0.3) is 0 Å². The van der Waals surface area contributed by atoms with Crippen molar-refractivity contribution in [3.05, 3.63) is 29.6 Å². The number of carboxylic acid groups (broad SMARTS) is 1. The van der Waals surface area contributed by atoms with Gasteiger partial charge < -0.3 is 15.9 Å². The number of nitrogens with zero attached hydrogens (tertiary/aromatic N) is 1. The van der Waals surface area contributed by atoms with Crippen LogP contribution in [0.25, 0.3) is 0 Å². The number of hydrogen-bond acceptors (Lipinski definition) is 4. The van der Waals surface area contributed by atoms with E-state index < -0.39 is 12.0 Å². The Morgan fingerprint density at radius 2 is 2.38 bits per heavy atom. The molecule has 1 rings (SSSR count). The van der Waals surface area contributed by atoms with Crippen LogP contribution in [0.5, 0.6) is 0 Å². The van der Waals surface area contributed by atoms with Gasteiger partial charge >= 0.3 is 5.97 Å². The van der Waals surface area contributed by atoms with Crippen molar-refractivity contribution in [1.29, 1.82) is 0 Å². The van der Waals surface area contributed by atoms with Crippen molar-refractivity contribution in [2.45, 2.75) is 6.04 Å². The van der Waals surface area contributed by atoms with Crippen LogP contribution in [0.1, 0.15) is 22.1 Å². The molecule has 4 N–H and O–H groups in total. The molecule has 1 atom stereocenters. The summed E-state index contributed by atoms with van der Waals surface area (Å²) in [4.78, 5) is 14.5. The molecule has 0 aliphatic heterocycles. The molecule has 1 aromatic rings. The number of aliphatic hydroxyl groups is 1. The fourth-order valence-electron chi connectivity index (χ4n) is 0.980. The molecular weight excluding hydrogens is 172 g/mol. The Bertz CT molecular complexity index is 314. The van der Waals surface area contributed by atoms with Gasteiger partial charge in [-0.1, -0.05) is 0 Å². The first-order valence-electron chi connectivity index (χ1n) is 3.71. The normalized spacial score (nSPS) is 12.5. The van der Waals surface area contributed by atoms with Gasteiger partial charge in [0.15, 0.2) is 0 Å². The molecule has 70 valence electrons. The monoisotopic (exact) mass is 182 g/mol. The lowest BCUT2D eigenvalue weighted by Crippen LogP contribution is -2.19. The maximum Gasteiger partial charge on any atom is 0.337 e. The van der Waals surface area contributed by atoms with Crippen LogP contribution in [0.15, 0.2) is 18.3 Å². The molecule has 1 aromatic heterocycles. The Labute approximate surface area is 74.8 Å². The van der Waals surface area contributed by atoms with Crippen molar-refractivity contribution in [1.82, 2.24) is 4.98 Å². The molecule has 0 aliphatic carbocycles. The molecule has 0 aromatic carbocycles. The molecule has 0 saturated heterocycles. The van der Waals surface area contributed by atoms with E-state index in [0.717, 1.165) is 0 Å². The molecular formula is C8H10N2O3. The van der Waals surface area contributed by atoms with Crippen molar-refractivity contribution >= 4 is 5.97 Å². The number of carboxylic acids is 1. The van der Waals surface area contributed by atoms with E-state index in [9.17, 15) is 4.79 Å². The minimum atomic E-state index is -1.09. The fraction of sp³-hybridized carbons (Fsp3) is 0.250. The third-order valence-electron chi connectivity index (χ3n) is 1.62. The van der Waals surface area contributed by atoms with Gasteiger partial charge in [-0.3, -0.25) is 4.98 Å². The fourth-order valence-corrected chi connectivity index (χ4v) is 0.980. The van der Waals surface area contributed by atoms with Crippen LogP contribution in [0.3, 0.4) is 0 Å². The number of carbonyl (C=O) groups is 1. The topological polar surface area (TPSA) is 96.4 Å². The Morgan fingerprint density at radius 1 is 1.69 bits per heavy atom. The van der Waals surface area contributed by atoms with Gasteiger partial charge in [-0.15, -0.1) is 0 Å². The van der Waals surface area contributed by atoms with Gasteiger partial charge in [0, 0.05) is 6.20 Å². The smallest absolute Gasteiger partial charge is 0.337 e. The number of hydrogen-bond donors (Lipinski definition) is 3. The minimum absolute atomic E-state index is 0.0315. The van der Waals surface area contributed by atoms with Crippen LogP contribution in [-0.2, 0) is 0 Å². The summed E-state index contributed by atoms with van der Waals surface area (Å²) in [5.74, 6) is -1.09. The summed E-state index contributed by atoms with van der Waals surface area (Å²) >= 11 is 0. The first-order chi connectivity index (χ1) is 6.16.